The van der Waals surface area contributed by atoms with Crippen molar-refractivity contribution in [2.75, 3.05) is 24.5 Å². The van der Waals surface area contributed by atoms with Crippen LogP contribution in [0.3, 0.4) is 0 Å². The van der Waals surface area contributed by atoms with Crippen molar-refractivity contribution in [2.45, 2.75) is 95.9 Å². The molecule has 1 saturated heterocycles. The smallest absolute Gasteiger partial charge is 0.253 e. The Bertz CT molecular complexity index is 1430. The Kier molecular flexibility index (Phi) is 9.08. The van der Waals surface area contributed by atoms with E-state index in [1.54, 1.807) is 18.5 Å². The van der Waals surface area contributed by atoms with Crippen LogP contribution in [0.4, 0.5) is 5.82 Å². The highest BCUT2D eigenvalue weighted by Gasteiger charge is 2.30. The normalized spacial score (nSPS) is 21.5. The van der Waals surface area contributed by atoms with Gasteiger partial charge >= 0.3 is 0 Å². The van der Waals surface area contributed by atoms with E-state index in [-0.39, 0.29) is 18.1 Å². The molecule has 0 radical (unpaired) electrons. The van der Waals surface area contributed by atoms with Gasteiger partial charge in [-0.2, -0.15) is 5.26 Å². The fraction of sp³-hybridized carbons (Fsp3) is 0.543. The highest BCUT2D eigenvalue weighted by molar-refractivity contribution is 5.94. The number of rotatable bonds is 9. The van der Waals surface area contributed by atoms with Gasteiger partial charge in [0.25, 0.3) is 5.91 Å². The lowest BCUT2D eigenvalue weighted by Gasteiger charge is -2.43. The van der Waals surface area contributed by atoms with Crippen LogP contribution in [0.2, 0.25) is 0 Å². The molecule has 0 spiro atoms. The number of fused-ring (bicyclic) bond motifs is 1. The number of aromatic nitrogens is 2. The summed E-state index contributed by atoms with van der Waals surface area (Å²) in [4.78, 5) is 27.2. The molecule has 1 amide bonds. The molecule has 1 aromatic carbocycles. The largest absolute Gasteiger partial charge is 0.490 e. The molecule has 8 heteroatoms. The van der Waals surface area contributed by atoms with Gasteiger partial charge in [-0.3, -0.25) is 14.7 Å². The monoisotopic (exact) mass is 580 g/mol. The summed E-state index contributed by atoms with van der Waals surface area (Å²) in [6.45, 7) is 7.96. The van der Waals surface area contributed by atoms with Crippen LogP contribution in [0.15, 0.2) is 48.8 Å². The number of hydrogen-bond acceptors (Lipinski definition) is 7. The molecule has 1 aliphatic heterocycles. The minimum Gasteiger partial charge on any atom is -0.490 e. The molecular formula is C35H44N6O2. The summed E-state index contributed by atoms with van der Waals surface area (Å²) < 4.78 is 6.35. The third-order valence-electron chi connectivity index (χ3n) is 9.78. The van der Waals surface area contributed by atoms with E-state index in [1.165, 1.54) is 38.6 Å². The summed E-state index contributed by atoms with van der Waals surface area (Å²) in [6, 6.07) is 15.1. The van der Waals surface area contributed by atoms with Crippen molar-refractivity contribution in [1.29, 1.82) is 5.26 Å². The molecule has 1 N–H and O–H groups in total. The Morgan fingerprint density at radius 2 is 1.84 bits per heavy atom. The second-order valence-electron chi connectivity index (χ2n) is 12.9. The Hall–Kier alpha value is -3.70. The zero-order valence-electron chi connectivity index (χ0n) is 25.5. The van der Waals surface area contributed by atoms with Crippen LogP contribution >= 0.6 is 0 Å². The zero-order chi connectivity index (χ0) is 29.8. The van der Waals surface area contributed by atoms with Crippen molar-refractivity contribution in [3.8, 4) is 11.8 Å². The molecule has 3 aliphatic rings. The van der Waals surface area contributed by atoms with E-state index in [0.717, 1.165) is 67.7 Å². The molecule has 3 heterocycles. The van der Waals surface area contributed by atoms with Gasteiger partial charge in [-0.05, 0) is 108 Å². The predicted molar refractivity (Wildman–Crippen MR) is 169 cm³/mol. The summed E-state index contributed by atoms with van der Waals surface area (Å²) in [5, 5.41) is 13.5. The van der Waals surface area contributed by atoms with E-state index in [4.69, 9.17) is 4.74 Å². The number of nitriles is 1. The number of piperidine rings is 1. The van der Waals surface area contributed by atoms with Gasteiger partial charge in [-0.25, -0.2) is 4.98 Å². The standard InChI is InChI=1S/C35H44N6O2/c1-24(2)41(29-5-3-6-29)23-25-16-19-40(20-17-25)33-15-9-27(22-38-33)35(42)39-28-10-12-30(13-11-28)43-32-14-8-26(21-36)34-31(32)7-4-18-37-34/h4,7-9,14-15,18,22,24-25,28-30H,3,5-6,10-13,16-17,19-20,23H2,1-2H3,(H,39,42). The second kappa shape index (κ2) is 13.3. The molecule has 2 aliphatic carbocycles. The van der Waals surface area contributed by atoms with E-state index in [0.29, 0.717) is 22.7 Å². The van der Waals surface area contributed by atoms with Crippen molar-refractivity contribution >= 4 is 22.6 Å². The van der Waals surface area contributed by atoms with Crippen LogP contribution < -0.4 is 15.0 Å². The number of ether oxygens (including phenoxy) is 1. The van der Waals surface area contributed by atoms with Gasteiger partial charge in [0.15, 0.2) is 0 Å². The summed E-state index contributed by atoms with van der Waals surface area (Å²) in [5.74, 6) is 2.43. The van der Waals surface area contributed by atoms with Gasteiger partial charge in [-0.15, -0.1) is 0 Å². The summed E-state index contributed by atoms with van der Waals surface area (Å²) in [6.07, 6.45) is 13.5. The lowest BCUT2D eigenvalue weighted by atomic mass is 9.88. The van der Waals surface area contributed by atoms with E-state index in [1.807, 2.05) is 30.3 Å². The van der Waals surface area contributed by atoms with Gasteiger partial charge < -0.3 is 15.0 Å². The van der Waals surface area contributed by atoms with E-state index in [9.17, 15) is 10.1 Å². The maximum Gasteiger partial charge on any atom is 0.253 e. The van der Waals surface area contributed by atoms with Crippen LogP contribution in [0.5, 0.6) is 5.75 Å². The highest BCUT2D eigenvalue weighted by Crippen LogP contribution is 2.32. The summed E-state index contributed by atoms with van der Waals surface area (Å²) in [5.41, 5.74) is 1.83. The van der Waals surface area contributed by atoms with Gasteiger partial charge in [-0.1, -0.05) is 6.42 Å². The fourth-order valence-corrected chi connectivity index (χ4v) is 6.96. The van der Waals surface area contributed by atoms with Crippen LogP contribution in [-0.4, -0.2) is 64.6 Å². The minimum atomic E-state index is -0.0592. The number of carbonyl (C=O) groups excluding carboxylic acids is 1. The average Bonchev–Trinajstić information content (AvgIpc) is 3.01. The van der Waals surface area contributed by atoms with E-state index in [2.05, 4.69) is 45.0 Å². The lowest BCUT2D eigenvalue weighted by molar-refractivity contribution is 0.0712. The minimum absolute atomic E-state index is 0.0592. The number of nitrogens with one attached hydrogen (secondary N) is 1. The first-order valence-electron chi connectivity index (χ1n) is 16.2. The first-order chi connectivity index (χ1) is 21.0. The first kappa shape index (κ1) is 29.4. The number of pyridine rings is 2. The van der Waals surface area contributed by atoms with Crippen molar-refractivity contribution in [1.82, 2.24) is 20.2 Å². The van der Waals surface area contributed by atoms with Crippen molar-refractivity contribution < 1.29 is 9.53 Å². The third kappa shape index (κ3) is 6.78. The Morgan fingerprint density at radius 1 is 1.05 bits per heavy atom. The Labute approximate surface area is 255 Å². The maximum absolute atomic E-state index is 13.0. The van der Waals surface area contributed by atoms with Gasteiger partial charge in [0.1, 0.15) is 17.6 Å². The number of hydrogen-bond donors (Lipinski definition) is 1. The van der Waals surface area contributed by atoms with Crippen LogP contribution in [-0.2, 0) is 0 Å². The third-order valence-corrected chi connectivity index (χ3v) is 9.78. The van der Waals surface area contributed by atoms with Gasteiger partial charge in [0, 0.05) is 55.5 Å². The Balaban J connectivity index is 0.959. The van der Waals surface area contributed by atoms with Crippen molar-refractivity contribution in [3.05, 3.63) is 59.9 Å². The van der Waals surface area contributed by atoms with Crippen LogP contribution in [0.25, 0.3) is 10.9 Å². The Morgan fingerprint density at radius 3 is 2.49 bits per heavy atom. The van der Waals surface area contributed by atoms with Gasteiger partial charge in [0.2, 0.25) is 0 Å². The zero-order valence-corrected chi connectivity index (χ0v) is 25.5. The number of anilines is 1. The van der Waals surface area contributed by atoms with Gasteiger partial charge in [0.05, 0.1) is 22.7 Å². The average molecular weight is 581 g/mol. The molecule has 43 heavy (non-hydrogen) atoms. The molecule has 2 aromatic heterocycles. The topological polar surface area (TPSA) is 94.4 Å². The van der Waals surface area contributed by atoms with Crippen LogP contribution in [0.1, 0.15) is 87.6 Å². The summed E-state index contributed by atoms with van der Waals surface area (Å²) >= 11 is 0. The first-order valence-corrected chi connectivity index (χ1v) is 16.2. The molecule has 3 fully saturated rings. The number of amides is 1. The van der Waals surface area contributed by atoms with Crippen LogP contribution in [0, 0.1) is 17.2 Å². The summed E-state index contributed by atoms with van der Waals surface area (Å²) in [7, 11) is 0. The second-order valence-corrected chi connectivity index (χ2v) is 12.9. The van der Waals surface area contributed by atoms with Crippen molar-refractivity contribution in [2.24, 2.45) is 5.92 Å². The SMILES string of the molecule is CC(C)N(CC1CCN(c2ccc(C(=O)NC3CCC(Oc4ccc(C#N)c5ncccc45)CC3)cn2)CC1)C1CCC1. The predicted octanol–water partition coefficient (Wildman–Crippen LogP) is 6.10. The molecular weight excluding hydrogens is 536 g/mol. The van der Waals surface area contributed by atoms with E-state index < -0.39 is 0 Å². The lowest BCUT2D eigenvalue weighted by Crippen LogP contribution is -2.48. The number of benzene rings is 1. The number of nitrogens with zero attached hydrogens (tertiary/aromatic N) is 5. The van der Waals surface area contributed by atoms with E-state index >= 15 is 0 Å². The molecule has 2 saturated carbocycles. The van der Waals surface area contributed by atoms with Crippen molar-refractivity contribution in [3.63, 3.8) is 0 Å². The molecule has 6 rings (SSSR count). The molecule has 226 valence electrons. The fourth-order valence-electron chi connectivity index (χ4n) is 6.96. The molecule has 3 aromatic rings. The molecule has 0 unspecified atom stereocenters. The number of carbonyl (C=O) groups is 1. The maximum atomic E-state index is 13.0. The molecule has 0 bridgehead atoms. The quantitative estimate of drug-likeness (QED) is 0.327. The highest BCUT2D eigenvalue weighted by atomic mass is 16.5. The molecule has 8 nitrogen and oxygen atoms in total. The molecule has 0 atom stereocenters.